The fourth-order valence-corrected chi connectivity index (χ4v) is 1.86. The maximum absolute atomic E-state index is 11.3. The van der Waals surface area contributed by atoms with Crippen LogP contribution in [0.5, 0.6) is 0 Å². The molecular formula is C14H22N2O2. The van der Waals surface area contributed by atoms with Crippen LogP contribution in [0.4, 0.5) is 0 Å². The van der Waals surface area contributed by atoms with Gasteiger partial charge in [0.25, 0.3) is 0 Å². The second kappa shape index (κ2) is 5.94. The number of nitrogens with zero attached hydrogens (tertiary/aromatic N) is 2. The summed E-state index contributed by atoms with van der Waals surface area (Å²) in [4.78, 5) is 20.1. The summed E-state index contributed by atoms with van der Waals surface area (Å²) < 4.78 is 0. The number of aliphatic carboxylic acids is 1. The molecule has 4 heteroatoms. The molecule has 0 fully saturated rings. The Morgan fingerprint density at radius 2 is 1.89 bits per heavy atom. The van der Waals surface area contributed by atoms with E-state index < -0.39 is 11.9 Å². The summed E-state index contributed by atoms with van der Waals surface area (Å²) >= 11 is 0. The quantitative estimate of drug-likeness (QED) is 0.872. The van der Waals surface area contributed by atoms with Gasteiger partial charge in [-0.15, -0.1) is 0 Å². The van der Waals surface area contributed by atoms with E-state index in [1.807, 2.05) is 40.7 Å². The van der Waals surface area contributed by atoms with Gasteiger partial charge in [0.1, 0.15) is 11.7 Å². The molecule has 1 unspecified atom stereocenters. The molecule has 18 heavy (non-hydrogen) atoms. The normalized spacial score (nSPS) is 13.1. The molecule has 0 aromatic carbocycles. The maximum atomic E-state index is 11.3. The van der Waals surface area contributed by atoms with E-state index in [0.29, 0.717) is 18.2 Å². The Kier molecular flexibility index (Phi) is 4.82. The third-order valence-corrected chi connectivity index (χ3v) is 2.80. The summed E-state index contributed by atoms with van der Waals surface area (Å²) in [6.07, 6.45) is 0.566. The van der Waals surface area contributed by atoms with E-state index in [2.05, 4.69) is 9.97 Å². The summed E-state index contributed by atoms with van der Waals surface area (Å²) in [6.45, 7) is 9.99. The van der Waals surface area contributed by atoms with Gasteiger partial charge in [-0.3, -0.25) is 4.79 Å². The fraction of sp³-hybridized carbons (Fsp3) is 0.643. The van der Waals surface area contributed by atoms with Crippen molar-refractivity contribution < 1.29 is 9.90 Å². The van der Waals surface area contributed by atoms with Gasteiger partial charge >= 0.3 is 5.97 Å². The standard InChI is InChI=1S/C14H22N2O2/c1-8(2)6-11(14(17)18)13-15-10(5)7-12(16-13)9(3)4/h7-9,11H,6H2,1-5H3,(H,17,18). The van der Waals surface area contributed by atoms with Crippen LogP contribution in [0.15, 0.2) is 6.07 Å². The SMILES string of the molecule is Cc1cc(C(C)C)nc(C(CC(C)C)C(=O)O)n1. The van der Waals surface area contributed by atoms with Crippen molar-refractivity contribution in [1.82, 2.24) is 9.97 Å². The van der Waals surface area contributed by atoms with Crippen molar-refractivity contribution in [3.63, 3.8) is 0 Å². The first-order valence-corrected chi connectivity index (χ1v) is 6.39. The molecule has 0 aliphatic carbocycles. The number of carbonyl (C=O) groups is 1. The zero-order valence-corrected chi connectivity index (χ0v) is 11.8. The summed E-state index contributed by atoms with van der Waals surface area (Å²) in [5.41, 5.74) is 1.74. The molecular weight excluding hydrogens is 228 g/mol. The van der Waals surface area contributed by atoms with Crippen molar-refractivity contribution >= 4 is 5.97 Å². The molecule has 100 valence electrons. The van der Waals surface area contributed by atoms with Crippen molar-refractivity contribution in [3.8, 4) is 0 Å². The van der Waals surface area contributed by atoms with Crippen LogP contribution in [0.3, 0.4) is 0 Å². The van der Waals surface area contributed by atoms with Gasteiger partial charge in [0.05, 0.1) is 0 Å². The largest absolute Gasteiger partial charge is 0.481 e. The van der Waals surface area contributed by atoms with Gasteiger partial charge in [-0.1, -0.05) is 27.7 Å². The molecule has 0 spiro atoms. The fourth-order valence-electron chi connectivity index (χ4n) is 1.86. The van der Waals surface area contributed by atoms with Crippen molar-refractivity contribution in [3.05, 3.63) is 23.3 Å². The lowest BCUT2D eigenvalue weighted by Crippen LogP contribution is -2.18. The van der Waals surface area contributed by atoms with Gasteiger partial charge < -0.3 is 5.11 Å². The average Bonchev–Trinajstić information content (AvgIpc) is 2.24. The van der Waals surface area contributed by atoms with E-state index >= 15 is 0 Å². The summed E-state index contributed by atoms with van der Waals surface area (Å²) in [6, 6.07) is 1.92. The number of aryl methyl sites for hydroxylation is 1. The van der Waals surface area contributed by atoms with Gasteiger partial charge in [-0.25, -0.2) is 9.97 Å². The van der Waals surface area contributed by atoms with E-state index in [4.69, 9.17) is 0 Å². The predicted molar refractivity (Wildman–Crippen MR) is 70.7 cm³/mol. The zero-order chi connectivity index (χ0) is 13.9. The Balaban J connectivity index is 3.15. The molecule has 1 aromatic rings. The van der Waals surface area contributed by atoms with Gasteiger partial charge in [0.15, 0.2) is 0 Å². The minimum absolute atomic E-state index is 0.277. The first-order valence-electron chi connectivity index (χ1n) is 6.39. The monoisotopic (exact) mass is 250 g/mol. The molecule has 1 N–H and O–H groups in total. The van der Waals surface area contributed by atoms with Crippen LogP contribution >= 0.6 is 0 Å². The van der Waals surface area contributed by atoms with Crippen LogP contribution in [0.2, 0.25) is 0 Å². The van der Waals surface area contributed by atoms with Crippen LogP contribution in [0.25, 0.3) is 0 Å². The molecule has 1 heterocycles. The topological polar surface area (TPSA) is 63.1 Å². The van der Waals surface area contributed by atoms with Crippen molar-refractivity contribution in [2.75, 3.05) is 0 Å². The minimum atomic E-state index is -0.844. The average molecular weight is 250 g/mol. The van der Waals surface area contributed by atoms with E-state index in [1.54, 1.807) is 0 Å². The number of hydrogen-bond donors (Lipinski definition) is 1. The first-order chi connectivity index (χ1) is 8.31. The van der Waals surface area contributed by atoms with Crippen LogP contribution < -0.4 is 0 Å². The Bertz CT molecular complexity index is 428. The lowest BCUT2D eigenvalue weighted by Gasteiger charge is -2.15. The van der Waals surface area contributed by atoms with Gasteiger partial charge in [0.2, 0.25) is 0 Å². The van der Waals surface area contributed by atoms with Crippen molar-refractivity contribution in [1.29, 1.82) is 0 Å². The number of carboxylic acid groups (broad SMARTS) is 1. The Labute approximate surface area is 108 Å². The molecule has 0 aliphatic heterocycles. The highest BCUT2D eigenvalue weighted by molar-refractivity contribution is 5.74. The molecule has 0 bridgehead atoms. The molecule has 0 aliphatic rings. The third kappa shape index (κ3) is 3.79. The van der Waals surface area contributed by atoms with Gasteiger partial charge in [-0.2, -0.15) is 0 Å². The molecule has 0 radical (unpaired) electrons. The third-order valence-electron chi connectivity index (χ3n) is 2.80. The molecule has 0 saturated carbocycles. The second-order valence-corrected chi connectivity index (χ2v) is 5.47. The molecule has 1 atom stereocenters. The summed E-state index contributed by atoms with van der Waals surface area (Å²) in [5.74, 6) is -0.428. The zero-order valence-electron chi connectivity index (χ0n) is 11.8. The minimum Gasteiger partial charge on any atom is -0.481 e. The first kappa shape index (κ1) is 14.6. The lowest BCUT2D eigenvalue weighted by atomic mass is 9.96. The van der Waals surface area contributed by atoms with Gasteiger partial charge in [0, 0.05) is 11.4 Å². The number of carboxylic acids is 1. The highest BCUT2D eigenvalue weighted by atomic mass is 16.4. The molecule has 4 nitrogen and oxygen atoms in total. The summed E-state index contributed by atoms with van der Waals surface area (Å²) in [5, 5.41) is 9.32. The second-order valence-electron chi connectivity index (χ2n) is 5.47. The predicted octanol–water partition coefficient (Wildman–Crippen LogP) is 3.12. The Morgan fingerprint density at radius 3 is 2.33 bits per heavy atom. The van der Waals surface area contributed by atoms with E-state index in [9.17, 15) is 9.90 Å². The Hall–Kier alpha value is -1.45. The summed E-state index contributed by atoms with van der Waals surface area (Å²) in [7, 11) is 0. The molecule has 0 amide bonds. The van der Waals surface area contributed by atoms with Gasteiger partial charge in [-0.05, 0) is 31.2 Å². The highest BCUT2D eigenvalue weighted by Gasteiger charge is 2.24. The molecule has 1 aromatic heterocycles. The van der Waals surface area contributed by atoms with Crippen LogP contribution in [0.1, 0.15) is 63.2 Å². The van der Waals surface area contributed by atoms with Crippen LogP contribution in [-0.2, 0) is 4.79 Å². The number of hydrogen-bond acceptors (Lipinski definition) is 3. The molecule has 1 rings (SSSR count). The number of rotatable bonds is 5. The van der Waals surface area contributed by atoms with Crippen LogP contribution in [0, 0.1) is 12.8 Å². The molecule has 0 saturated heterocycles. The van der Waals surface area contributed by atoms with Crippen molar-refractivity contribution in [2.45, 2.75) is 52.9 Å². The highest BCUT2D eigenvalue weighted by Crippen LogP contribution is 2.23. The smallest absolute Gasteiger partial charge is 0.314 e. The number of aromatic nitrogens is 2. The van der Waals surface area contributed by atoms with E-state index in [1.165, 1.54) is 0 Å². The maximum Gasteiger partial charge on any atom is 0.314 e. The Morgan fingerprint density at radius 1 is 1.28 bits per heavy atom. The van der Waals surface area contributed by atoms with Crippen LogP contribution in [-0.4, -0.2) is 21.0 Å². The van der Waals surface area contributed by atoms with E-state index in [-0.39, 0.29) is 5.92 Å². The lowest BCUT2D eigenvalue weighted by molar-refractivity contribution is -0.139. The van der Waals surface area contributed by atoms with Crippen molar-refractivity contribution in [2.24, 2.45) is 5.92 Å². The van der Waals surface area contributed by atoms with E-state index in [0.717, 1.165) is 11.4 Å².